The predicted octanol–water partition coefficient (Wildman–Crippen LogP) is -1.22. The first kappa shape index (κ1) is 19.3. The zero-order chi connectivity index (χ0) is 19.4. The van der Waals surface area contributed by atoms with E-state index in [-0.39, 0.29) is 13.1 Å². The van der Waals surface area contributed by atoms with Crippen LogP contribution in [0.25, 0.3) is 0 Å². The Kier molecular flexibility index (Phi) is 5.88. The van der Waals surface area contributed by atoms with Crippen molar-refractivity contribution in [2.24, 2.45) is 23.1 Å². The quantitative estimate of drug-likeness (QED) is 0.490. The van der Waals surface area contributed by atoms with Gasteiger partial charge in [-0.2, -0.15) is 0 Å². The summed E-state index contributed by atoms with van der Waals surface area (Å²) in [5.74, 6) is -2.97. The van der Waals surface area contributed by atoms with E-state index in [1.807, 2.05) is 23.1 Å². The van der Waals surface area contributed by atoms with Gasteiger partial charge in [0, 0.05) is 19.6 Å². The Morgan fingerprint density at radius 3 is 2.42 bits per heavy atom. The predicted molar refractivity (Wildman–Crippen MR) is 93.6 cm³/mol. The number of hydrogen-bond acceptors (Lipinski definition) is 6. The van der Waals surface area contributed by atoms with Crippen LogP contribution in [0, 0.1) is 5.92 Å². The second-order valence-electron chi connectivity index (χ2n) is 6.01. The minimum Gasteiger partial charge on any atom is -0.495 e. The van der Waals surface area contributed by atoms with Crippen LogP contribution < -0.4 is 26.8 Å². The highest BCUT2D eigenvalue weighted by Gasteiger charge is 2.43. The van der Waals surface area contributed by atoms with Crippen molar-refractivity contribution in [2.45, 2.75) is 12.1 Å². The van der Waals surface area contributed by atoms with Crippen LogP contribution in [0.2, 0.25) is 0 Å². The summed E-state index contributed by atoms with van der Waals surface area (Å²) in [5.41, 5.74) is 17.2. The van der Waals surface area contributed by atoms with Crippen LogP contribution in [0.1, 0.15) is 0 Å². The van der Waals surface area contributed by atoms with E-state index in [9.17, 15) is 19.5 Å². The van der Waals surface area contributed by atoms with E-state index in [2.05, 4.69) is 0 Å². The SMILES string of the molecule is COc1ccccc1N1CCN(C(N)=O)C(C(C(N)=O)[C@H](N)C(=O)O)C1. The second kappa shape index (κ2) is 7.91. The minimum atomic E-state index is -1.56. The summed E-state index contributed by atoms with van der Waals surface area (Å²) >= 11 is 0. The lowest BCUT2D eigenvalue weighted by Crippen LogP contribution is -2.65. The molecule has 1 aromatic rings. The molecule has 3 atom stereocenters. The van der Waals surface area contributed by atoms with E-state index in [0.29, 0.717) is 12.3 Å². The summed E-state index contributed by atoms with van der Waals surface area (Å²) in [7, 11) is 1.53. The molecule has 0 spiro atoms. The zero-order valence-corrected chi connectivity index (χ0v) is 14.4. The average molecular weight is 365 g/mol. The number of rotatable bonds is 6. The monoisotopic (exact) mass is 365 g/mol. The number of carboxylic acids is 1. The summed E-state index contributed by atoms with van der Waals surface area (Å²) < 4.78 is 5.34. The number of amides is 3. The first-order chi connectivity index (χ1) is 12.3. The number of hydrogen-bond donors (Lipinski definition) is 4. The summed E-state index contributed by atoms with van der Waals surface area (Å²) in [4.78, 5) is 38.2. The first-order valence-corrected chi connectivity index (χ1v) is 7.99. The van der Waals surface area contributed by atoms with Gasteiger partial charge in [-0.1, -0.05) is 12.1 Å². The molecule has 0 saturated carbocycles. The van der Waals surface area contributed by atoms with E-state index in [1.165, 1.54) is 12.0 Å². The van der Waals surface area contributed by atoms with E-state index in [0.717, 1.165) is 5.69 Å². The molecular weight excluding hydrogens is 342 g/mol. The van der Waals surface area contributed by atoms with Crippen molar-refractivity contribution < 1.29 is 24.2 Å². The van der Waals surface area contributed by atoms with Gasteiger partial charge in [-0.05, 0) is 12.1 Å². The molecule has 10 nitrogen and oxygen atoms in total. The van der Waals surface area contributed by atoms with Crippen LogP contribution >= 0.6 is 0 Å². The lowest BCUT2D eigenvalue weighted by molar-refractivity contribution is -0.143. The van der Waals surface area contributed by atoms with Crippen molar-refractivity contribution in [1.29, 1.82) is 0 Å². The Hall–Kier alpha value is -3.01. The highest BCUT2D eigenvalue weighted by molar-refractivity contribution is 5.87. The Balaban J connectivity index is 2.39. The highest BCUT2D eigenvalue weighted by atomic mass is 16.5. The van der Waals surface area contributed by atoms with Crippen molar-refractivity contribution in [3.8, 4) is 5.75 Å². The normalized spacial score (nSPS) is 19.5. The number of nitrogens with zero attached hydrogens (tertiary/aromatic N) is 2. The molecule has 1 aliphatic rings. The number of benzene rings is 1. The molecule has 7 N–H and O–H groups in total. The fraction of sp³-hybridized carbons (Fsp3) is 0.438. The number of nitrogens with two attached hydrogens (primary N) is 3. The van der Waals surface area contributed by atoms with Crippen LogP contribution in [0.4, 0.5) is 10.5 Å². The second-order valence-corrected chi connectivity index (χ2v) is 6.01. The van der Waals surface area contributed by atoms with Gasteiger partial charge in [0.05, 0.1) is 24.8 Å². The largest absolute Gasteiger partial charge is 0.495 e. The van der Waals surface area contributed by atoms with E-state index >= 15 is 0 Å². The van der Waals surface area contributed by atoms with Gasteiger partial charge in [-0.3, -0.25) is 9.59 Å². The van der Waals surface area contributed by atoms with Crippen molar-refractivity contribution >= 4 is 23.6 Å². The fourth-order valence-electron chi connectivity index (χ4n) is 3.26. The maximum atomic E-state index is 11.9. The average Bonchev–Trinajstić information content (AvgIpc) is 2.61. The summed E-state index contributed by atoms with van der Waals surface area (Å²) in [6, 6.07) is 4.03. The maximum Gasteiger partial charge on any atom is 0.321 e. The van der Waals surface area contributed by atoms with Crippen molar-refractivity contribution in [2.75, 3.05) is 31.6 Å². The van der Waals surface area contributed by atoms with E-state index < -0.39 is 35.9 Å². The van der Waals surface area contributed by atoms with Gasteiger partial charge in [0.1, 0.15) is 11.8 Å². The van der Waals surface area contributed by atoms with E-state index in [1.54, 1.807) is 6.07 Å². The lowest BCUT2D eigenvalue weighted by Gasteiger charge is -2.45. The van der Waals surface area contributed by atoms with Crippen molar-refractivity contribution in [3.05, 3.63) is 24.3 Å². The molecule has 0 aromatic heterocycles. The third-order valence-corrected chi connectivity index (χ3v) is 4.54. The van der Waals surface area contributed by atoms with Crippen LogP contribution in [0.15, 0.2) is 24.3 Å². The molecule has 1 saturated heterocycles. The Morgan fingerprint density at radius 2 is 1.88 bits per heavy atom. The Morgan fingerprint density at radius 1 is 1.23 bits per heavy atom. The van der Waals surface area contributed by atoms with Crippen LogP contribution in [0.3, 0.4) is 0 Å². The van der Waals surface area contributed by atoms with E-state index in [4.69, 9.17) is 21.9 Å². The molecule has 0 radical (unpaired) electrons. The number of methoxy groups -OCH3 is 1. The molecule has 3 amide bonds. The topological polar surface area (TPSA) is 165 Å². The molecule has 142 valence electrons. The van der Waals surface area contributed by atoms with Crippen LogP contribution in [-0.2, 0) is 9.59 Å². The third kappa shape index (κ3) is 3.80. The van der Waals surface area contributed by atoms with Gasteiger partial charge in [-0.15, -0.1) is 0 Å². The molecule has 1 heterocycles. The number of anilines is 1. The first-order valence-electron chi connectivity index (χ1n) is 7.99. The number of aliphatic carboxylic acids is 1. The van der Waals surface area contributed by atoms with Gasteiger partial charge >= 0.3 is 12.0 Å². The highest BCUT2D eigenvalue weighted by Crippen LogP contribution is 2.31. The third-order valence-electron chi connectivity index (χ3n) is 4.54. The number of piperazine rings is 1. The lowest BCUT2D eigenvalue weighted by atomic mass is 9.88. The van der Waals surface area contributed by atoms with Crippen LogP contribution in [-0.4, -0.2) is 66.7 Å². The van der Waals surface area contributed by atoms with Gasteiger partial charge in [-0.25, -0.2) is 4.79 Å². The number of urea groups is 1. The summed E-state index contributed by atoms with van der Waals surface area (Å²) in [6.07, 6.45) is 0. The number of ether oxygens (including phenoxy) is 1. The minimum absolute atomic E-state index is 0.137. The number of primary amides is 2. The molecule has 10 heteroatoms. The fourth-order valence-corrected chi connectivity index (χ4v) is 3.26. The van der Waals surface area contributed by atoms with Gasteiger partial charge in [0.15, 0.2) is 0 Å². The molecule has 2 rings (SSSR count). The Labute approximate surface area is 150 Å². The molecule has 1 aromatic carbocycles. The number of para-hydroxylation sites is 2. The standard InChI is InChI=1S/C16H23N5O5/c1-26-11-5-3-2-4-9(11)20-6-7-21(16(19)25)10(8-20)12(14(18)22)13(17)15(23)24/h2-5,10,12-13H,6-8,17H2,1H3,(H2,18,22)(H2,19,25)(H,23,24)/t10?,12?,13-/m0/s1. The maximum absolute atomic E-state index is 11.9. The van der Waals surface area contributed by atoms with Crippen molar-refractivity contribution in [3.63, 3.8) is 0 Å². The number of carboxylic acid groups (broad SMARTS) is 1. The molecule has 0 aliphatic carbocycles. The Bertz CT molecular complexity index is 697. The molecule has 0 bridgehead atoms. The van der Waals surface area contributed by atoms with Crippen molar-refractivity contribution in [1.82, 2.24) is 4.90 Å². The van der Waals surface area contributed by atoms with Gasteiger partial charge in [0.25, 0.3) is 0 Å². The molecule has 2 unspecified atom stereocenters. The molecular formula is C16H23N5O5. The number of carbonyl (C=O) groups excluding carboxylic acids is 2. The van der Waals surface area contributed by atoms with Gasteiger partial charge in [0.2, 0.25) is 5.91 Å². The summed E-state index contributed by atoms with van der Waals surface area (Å²) in [5, 5.41) is 9.22. The molecule has 26 heavy (non-hydrogen) atoms. The zero-order valence-electron chi connectivity index (χ0n) is 14.4. The molecule has 1 aliphatic heterocycles. The molecule has 1 fully saturated rings. The number of carbonyl (C=O) groups is 3. The van der Waals surface area contributed by atoms with Crippen LogP contribution in [0.5, 0.6) is 5.75 Å². The smallest absolute Gasteiger partial charge is 0.321 e. The summed E-state index contributed by atoms with van der Waals surface area (Å²) in [6.45, 7) is 0.750. The van der Waals surface area contributed by atoms with Gasteiger partial charge < -0.3 is 36.8 Å².